The van der Waals surface area contributed by atoms with E-state index in [1.54, 1.807) is 18.5 Å². The molecule has 0 aliphatic heterocycles. The second kappa shape index (κ2) is 6.88. The average molecular weight is 276 g/mol. The Morgan fingerprint density at radius 1 is 1.40 bits per heavy atom. The smallest absolute Gasteiger partial charge is 0.253 e. The van der Waals surface area contributed by atoms with Crippen molar-refractivity contribution < 1.29 is 9.59 Å². The Labute approximate surface area is 118 Å². The molecule has 0 aromatic carbocycles. The Morgan fingerprint density at radius 2 is 2.20 bits per heavy atom. The second-order valence-corrected chi connectivity index (χ2v) is 4.87. The van der Waals surface area contributed by atoms with Crippen LogP contribution in [0.3, 0.4) is 0 Å². The van der Waals surface area contributed by atoms with Crippen LogP contribution >= 0.6 is 0 Å². The van der Waals surface area contributed by atoms with Crippen LogP contribution in [0.4, 0.5) is 5.69 Å². The highest BCUT2D eigenvalue weighted by molar-refractivity contribution is 6.00. The number of carbonyl (C=O) groups excluding carboxylic acids is 2. The number of hydrogen-bond acceptors (Lipinski definition) is 4. The molecule has 0 atom stereocenters. The number of pyridine rings is 1. The van der Waals surface area contributed by atoms with Gasteiger partial charge in [-0.3, -0.25) is 14.6 Å². The molecule has 20 heavy (non-hydrogen) atoms. The first-order valence-electron chi connectivity index (χ1n) is 6.96. The molecule has 2 amide bonds. The van der Waals surface area contributed by atoms with E-state index in [1.165, 1.54) is 0 Å². The minimum Gasteiger partial charge on any atom is -0.383 e. The number of nitrogens with one attached hydrogen (secondary N) is 3. The highest BCUT2D eigenvalue weighted by Crippen LogP contribution is 2.18. The van der Waals surface area contributed by atoms with Crippen molar-refractivity contribution in [1.29, 1.82) is 0 Å². The second-order valence-electron chi connectivity index (χ2n) is 4.87. The molecule has 108 valence electrons. The van der Waals surface area contributed by atoms with E-state index in [1.807, 2.05) is 6.92 Å². The SMILES string of the molecule is CCCNc1cnccc1C(=O)NCC(=O)NC1CC1. The van der Waals surface area contributed by atoms with Crippen molar-refractivity contribution in [2.45, 2.75) is 32.2 Å². The fraction of sp³-hybridized carbons (Fsp3) is 0.500. The van der Waals surface area contributed by atoms with E-state index < -0.39 is 0 Å². The van der Waals surface area contributed by atoms with E-state index in [0.717, 1.165) is 25.8 Å². The third-order valence-electron chi connectivity index (χ3n) is 2.98. The molecule has 1 aromatic rings. The van der Waals surface area contributed by atoms with Crippen molar-refractivity contribution >= 4 is 17.5 Å². The number of aromatic nitrogens is 1. The topological polar surface area (TPSA) is 83.1 Å². The molecule has 0 bridgehead atoms. The minimum absolute atomic E-state index is 0.00484. The average Bonchev–Trinajstić information content (AvgIpc) is 3.26. The number of anilines is 1. The largest absolute Gasteiger partial charge is 0.383 e. The Kier molecular flexibility index (Phi) is 4.92. The molecule has 2 rings (SSSR count). The summed E-state index contributed by atoms with van der Waals surface area (Å²) in [7, 11) is 0. The molecule has 0 saturated heterocycles. The van der Waals surface area contributed by atoms with Crippen molar-refractivity contribution in [1.82, 2.24) is 15.6 Å². The van der Waals surface area contributed by atoms with Crippen LogP contribution < -0.4 is 16.0 Å². The van der Waals surface area contributed by atoms with Gasteiger partial charge in [0.25, 0.3) is 5.91 Å². The highest BCUT2D eigenvalue weighted by atomic mass is 16.2. The first-order valence-corrected chi connectivity index (χ1v) is 6.96. The summed E-state index contributed by atoms with van der Waals surface area (Å²) < 4.78 is 0. The van der Waals surface area contributed by atoms with E-state index in [9.17, 15) is 9.59 Å². The monoisotopic (exact) mass is 276 g/mol. The standard InChI is InChI=1S/C14H20N4O2/c1-2-6-16-12-8-15-7-5-11(12)14(20)17-9-13(19)18-10-3-4-10/h5,7-8,10,16H,2-4,6,9H2,1H3,(H,17,20)(H,18,19). The van der Waals surface area contributed by atoms with Gasteiger partial charge < -0.3 is 16.0 Å². The predicted octanol–water partition coefficient (Wildman–Crippen LogP) is 0.912. The van der Waals surface area contributed by atoms with Crippen molar-refractivity contribution in [2.24, 2.45) is 0 Å². The number of carbonyl (C=O) groups is 2. The van der Waals surface area contributed by atoms with Crippen molar-refractivity contribution in [3.8, 4) is 0 Å². The Balaban J connectivity index is 1.88. The van der Waals surface area contributed by atoms with Gasteiger partial charge in [0.05, 0.1) is 24.0 Å². The molecule has 1 aliphatic carbocycles. The summed E-state index contributed by atoms with van der Waals surface area (Å²) >= 11 is 0. The molecule has 1 saturated carbocycles. The molecular formula is C14H20N4O2. The van der Waals surface area contributed by atoms with Crippen LogP contribution in [-0.4, -0.2) is 35.9 Å². The van der Waals surface area contributed by atoms with Gasteiger partial charge in [-0.05, 0) is 25.3 Å². The van der Waals surface area contributed by atoms with E-state index in [4.69, 9.17) is 0 Å². The van der Waals surface area contributed by atoms with E-state index in [2.05, 4.69) is 20.9 Å². The number of rotatable bonds is 7. The van der Waals surface area contributed by atoms with Crippen molar-refractivity contribution in [3.63, 3.8) is 0 Å². The summed E-state index contributed by atoms with van der Waals surface area (Å²) in [5, 5.41) is 8.61. The summed E-state index contributed by atoms with van der Waals surface area (Å²) in [6.07, 6.45) is 6.22. The zero-order valence-corrected chi connectivity index (χ0v) is 11.6. The molecule has 0 spiro atoms. The molecule has 1 heterocycles. The number of amides is 2. The fourth-order valence-electron chi connectivity index (χ4n) is 1.76. The van der Waals surface area contributed by atoms with Gasteiger partial charge in [-0.1, -0.05) is 6.92 Å². The van der Waals surface area contributed by atoms with Crippen LogP contribution in [0.2, 0.25) is 0 Å². The van der Waals surface area contributed by atoms with Crippen LogP contribution in [0.15, 0.2) is 18.5 Å². The molecular weight excluding hydrogens is 256 g/mol. The lowest BCUT2D eigenvalue weighted by Gasteiger charge is -2.11. The molecule has 6 nitrogen and oxygen atoms in total. The van der Waals surface area contributed by atoms with Crippen LogP contribution in [0.25, 0.3) is 0 Å². The first kappa shape index (κ1) is 14.3. The van der Waals surface area contributed by atoms with Crippen LogP contribution in [0.1, 0.15) is 36.5 Å². The molecule has 1 aliphatic rings. The van der Waals surface area contributed by atoms with Crippen LogP contribution in [-0.2, 0) is 4.79 Å². The summed E-state index contributed by atoms with van der Waals surface area (Å²) in [6, 6.07) is 1.95. The predicted molar refractivity (Wildman–Crippen MR) is 76.5 cm³/mol. The first-order chi connectivity index (χ1) is 9.70. The molecule has 3 N–H and O–H groups in total. The third-order valence-corrected chi connectivity index (χ3v) is 2.98. The van der Waals surface area contributed by atoms with Gasteiger partial charge in [0.1, 0.15) is 0 Å². The fourth-order valence-corrected chi connectivity index (χ4v) is 1.76. The molecule has 0 unspecified atom stereocenters. The van der Waals surface area contributed by atoms with Gasteiger partial charge in [-0.15, -0.1) is 0 Å². The zero-order valence-electron chi connectivity index (χ0n) is 11.6. The number of hydrogen-bond donors (Lipinski definition) is 3. The Bertz CT molecular complexity index is 486. The van der Waals surface area contributed by atoms with Crippen LogP contribution in [0.5, 0.6) is 0 Å². The maximum absolute atomic E-state index is 12.1. The molecule has 6 heteroatoms. The van der Waals surface area contributed by atoms with Gasteiger partial charge in [-0.25, -0.2) is 0 Å². The number of nitrogens with zero attached hydrogens (tertiary/aromatic N) is 1. The normalized spacial score (nSPS) is 13.7. The third kappa shape index (κ3) is 4.22. The van der Waals surface area contributed by atoms with Gasteiger partial charge >= 0.3 is 0 Å². The van der Waals surface area contributed by atoms with Gasteiger partial charge in [-0.2, -0.15) is 0 Å². The van der Waals surface area contributed by atoms with Gasteiger partial charge in [0.2, 0.25) is 5.91 Å². The van der Waals surface area contributed by atoms with E-state index >= 15 is 0 Å². The molecule has 0 radical (unpaired) electrons. The molecule has 1 aromatic heterocycles. The van der Waals surface area contributed by atoms with Crippen molar-refractivity contribution in [3.05, 3.63) is 24.0 Å². The Hall–Kier alpha value is -2.11. The lowest BCUT2D eigenvalue weighted by atomic mass is 10.2. The summed E-state index contributed by atoms with van der Waals surface area (Å²) in [5.41, 5.74) is 1.20. The maximum atomic E-state index is 12.1. The molecule has 1 fully saturated rings. The quantitative estimate of drug-likeness (QED) is 0.691. The van der Waals surface area contributed by atoms with Crippen molar-refractivity contribution in [2.75, 3.05) is 18.4 Å². The summed E-state index contributed by atoms with van der Waals surface area (Å²) in [6.45, 7) is 2.82. The van der Waals surface area contributed by atoms with E-state index in [0.29, 0.717) is 17.3 Å². The lowest BCUT2D eigenvalue weighted by molar-refractivity contribution is -0.120. The van der Waals surface area contributed by atoms with Crippen LogP contribution in [0, 0.1) is 0 Å². The summed E-state index contributed by atoms with van der Waals surface area (Å²) in [4.78, 5) is 27.6. The maximum Gasteiger partial charge on any atom is 0.253 e. The van der Waals surface area contributed by atoms with Gasteiger partial charge in [0.15, 0.2) is 0 Å². The zero-order chi connectivity index (χ0) is 14.4. The highest BCUT2D eigenvalue weighted by Gasteiger charge is 2.23. The summed E-state index contributed by atoms with van der Waals surface area (Å²) in [5.74, 6) is -0.407. The minimum atomic E-state index is -0.267. The van der Waals surface area contributed by atoms with E-state index in [-0.39, 0.29) is 18.4 Å². The Morgan fingerprint density at radius 3 is 2.90 bits per heavy atom. The lowest BCUT2D eigenvalue weighted by Crippen LogP contribution is -2.38. The van der Waals surface area contributed by atoms with Gasteiger partial charge in [0, 0.05) is 18.8 Å².